The van der Waals surface area contributed by atoms with Gasteiger partial charge in [0.1, 0.15) is 16.5 Å². The van der Waals surface area contributed by atoms with Crippen LogP contribution in [-0.2, 0) is 4.79 Å². The van der Waals surface area contributed by atoms with E-state index in [1.165, 1.54) is 28.7 Å². The number of aromatic nitrogens is 1. The third kappa shape index (κ3) is 6.58. The van der Waals surface area contributed by atoms with Gasteiger partial charge in [-0.05, 0) is 12.1 Å². The molecule has 32 heavy (non-hydrogen) atoms. The van der Waals surface area contributed by atoms with E-state index >= 15 is 0 Å². The number of nitrogens with two attached hydrogens (primary N) is 1. The van der Waals surface area contributed by atoms with Crippen LogP contribution in [0.3, 0.4) is 0 Å². The maximum absolute atomic E-state index is 13.7. The first kappa shape index (κ1) is 25.4. The number of thiophene rings is 1. The van der Waals surface area contributed by atoms with Crippen LogP contribution >= 0.6 is 22.7 Å². The molecular formula is C18H17F5N4O3S2. The van der Waals surface area contributed by atoms with Crippen LogP contribution in [-0.4, -0.2) is 48.8 Å². The Balaban J connectivity index is 0.000000451. The van der Waals surface area contributed by atoms with Crippen LogP contribution in [0.1, 0.15) is 21.3 Å². The average molecular weight is 496 g/mol. The number of thiazole rings is 1. The number of carboxylic acids is 1. The van der Waals surface area contributed by atoms with E-state index in [2.05, 4.69) is 10.3 Å². The predicted molar refractivity (Wildman–Crippen MR) is 111 cm³/mol. The number of fused-ring (bicyclic) bond motifs is 1. The van der Waals surface area contributed by atoms with E-state index in [0.29, 0.717) is 4.88 Å². The summed E-state index contributed by atoms with van der Waals surface area (Å²) in [5, 5.41) is 10.7. The maximum atomic E-state index is 13.7. The highest BCUT2D eigenvalue weighted by molar-refractivity contribution is 7.29. The fourth-order valence-electron chi connectivity index (χ4n) is 2.23. The summed E-state index contributed by atoms with van der Waals surface area (Å²) in [6, 6.07) is 4.23. The quantitative estimate of drug-likeness (QED) is 0.464. The molecule has 14 heteroatoms. The predicted octanol–water partition coefficient (Wildman–Crippen LogP) is 3.77. The minimum atomic E-state index is -5.08. The van der Waals surface area contributed by atoms with Crippen molar-refractivity contribution < 1.29 is 36.6 Å². The summed E-state index contributed by atoms with van der Waals surface area (Å²) in [7, 11) is 3.82. The zero-order valence-corrected chi connectivity index (χ0v) is 18.2. The SMILES string of the molecule is CN(C)c1nc2sc(C(=O)NCC(N)c3ccc(F)cc3F)cc2s1.O=C(O)C(F)(F)F. The molecule has 1 aromatic carbocycles. The van der Waals surface area contributed by atoms with Gasteiger partial charge < -0.3 is 21.1 Å². The third-order valence-corrected chi connectivity index (χ3v) is 6.10. The Kier molecular flexibility index (Phi) is 8.09. The number of nitrogens with one attached hydrogen (secondary N) is 1. The fourth-order valence-corrected chi connectivity index (χ4v) is 4.28. The number of nitrogens with zero attached hydrogens (tertiary/aromatic N) is 2. The molecule has 4 N–H and O–H groups in total. The van der Waals surface area contributed by atoms with Gasteiger partial charge in [-0.2, -0.15) is 13.2 Å². The standard InChI is InChI=1S/C16H16F2N4OS2.C2HF3O2/c1-22(2)16-21-15-13(25-16)6-12(24-15)14(23)20-7-11(19)9-4-3-8(17)5-10(9)18;3-2(4,5)1(6)7/h3-6,11H,7,19H2,1-2H3,(H,20,23);(H,6,7). The number of benzene rings is 1. The first-order chi connectivity index (χ1) is 14.8. The van der Waals surface area contributed by atoms with Gasteiger partial charge in [-0.3, -0.25) is 4.79 Å². The largest absolute Gasteiger partial charge is 0.490 e. The van der Waals surface area contributed by atoms with Crippen LogP contribution in [0.25, 0.3) is 9.53 Å². The number of alkyl halides is 3. The molecule has 0 aliphatic heterocycles. The summed E-state index contributed by atoms with van der Waals surface area (Å²) in [6.07, 6.45) is -5.08. The van der Waals surface area contributed by atoms with Crippen molar-refractivity contribution in [2.24, 2.45) is 5.73 Å². The number of carbonyl (C=O) groups excluding carboxylic acids is 1. The second-order valence-corrected chi connectivity index (χ2v) is 8.50. The molecule has 1 atom stereocenters. The van der Waals surface area contributed by atoms with Crippen LogP contribution in [0, 0.1) is 11.6 Å². The lowest BCUT2D eigenvalue weighted by Crippen LogP contribution is -2.31. The second-order valence-electron chi connectivity index (χ2n) is 6.46. The smallest absolute Gasteiger partial charge is 0.475 e. The van der Waals surface area contributed by atoms with E-state index < -0.39 is 29.8 Å². The molecule has 0 aliphatic rings. The van der Waals surface area contributed by atoms with Crippen molar-refractivity contribution in [1.82, 2.24) is 10.3 Å². The molecule has 2 aromatic heterocycles. The lowest BCUT2D eigenvalue weighted by Gasteiger charge is -2.13. The van der Waals surface area contributed by atoms with Gasteiger partial charge >= 0.3 is 12.1 Å². The molecule has 1 unspecified atom stereocenters. The highest BCUT2D eigenvalue weighted by Gasteiger charge is 2.38. The summed E-state index contributed by atoms with van der Waals surface area (Å²) in [5.74, 6) is -4.44. The van der Waals surface area contributed by atoms with Crippen molar-refractivity contribution in [3.8, 4) is 0 Å². The van der Waals surface area contributed by atoms with Gasteiger partial charge in [0.25, 0.3) is 5.91 Å². The molecular weight excluding hydrogens is 479 g/mol. The van der Waals surface area contributed by atoms with Crippen LogP contribution in [0.15, 0.2) is 24.3 Å². The molecule has 0 fully saturated rings. The Morgan fingerprint density at radius 3 is 2.34 bits per heavy atom. The van der Waals surface area contributed by atoms with Gasteiger partial charge in [0.15, 0.2) is 5.13 Å². The molecule has 0 saturated carbocycles. The molecule has 0 bridgehead atoms. The topological polar surface area (TPSA) is 109 Å². The van der Waals surface area contributed by atoms with Gasteiger partial charge in [-0.1, -0.05) is 17.4 Å². The lowest BCUT2D eigenvalue weighted by molar-refractivity contribution is -0.192. The molecule has 3 aromatic rings. The number of carboxylic acid groups (broad SMARTS) is 1. The number of hydrogen-bond donors (Lipinski definition) is 3. The highest BCUT2D eigenvalue weighted by atomic mass is 32.1. The Morgan fingerprint density at radius 1 is 1.22 bits per heavy atom. The van der Waals surface area contributed by atoms with E-state index in [0.717, 1.165) is 26.8 Å². The first-order valence-corrected chi connectivity index (χ1v) is 10.3. The van der Waals surface area contributed by atoms with Crippen LogP contribution in [0.5, 0.6) is 0 Å². The first-order valence-electron chi connectivity index (χ1n) is 8.66. The zero-order chi connectivity index (χ0) is 24.2. The molecule has 0 spiro atoms. The van der Waals surface area contributed by atoms with Gasteiger partial charge in [0.2, 0.25) is 0 Å². The van der Waals surface area contributed by atoms with Crippen molar-refractivity contribution in [2.45, 2.75) is 12.2 Å². The monoisotopic (exact) mass is 496 g/mol. The molecule has 3 rings (SSSR count). The van der Waals surface area contributed by atoms with E-state index in [1.807, 2.05) is 19.0 Å². The summed E-state index contributed by atoms with van der Waals surface area (Å²) in [4.78, 5) is 28.8. The van der Waals surface area contributed by atoms with Gasteiger partial charge in [-0.25, -0.2) is 18.6 Å². The molecule has 2 heterocycles. The van der Waals surface area contributed by atoms with Crippen LogP contribution < -0.4 is 16.0 Å². The molecule has 0 aliphatic carbocycles. The Labute approximate surface area is 186 Å². The van der Waals surface area contributed by atoms with Crippen molar-refractivity contribution >= 4 is 49.2 Å². The number of carbonyl (C=O) groups is 2. The Hall–Kier alpha value is -2.84. The van der Waals surface area contributed by atoms with E-state index in [4.69, 9.17) is 15.6 Å². The van der Waals surface area contributed by atoms with E-state index in [1.54, 1.807) is 6.07 Å². The minimum Gasteiger partial charge on any atom is -0.475 e. The van der Waals surface area contributed by atoms with E-state index in [9.17, 15) is 26.7 Å². The molecule has 0 radical (unpaired) electrons. The summed E-state index contributed by atoms with van der Waals surface area (Å²) < 4.78 is 59.3. The van der Waals surface area contributed by atoms with E-state index in [-0.39, 0.29) is 18.0 Å². The number of hydrogen-bond acceptors (Lipinski definition) is 7. The minimum absolute atomic E-state index is 0.0450. The van der Waals surface area contributed by atoms with Crippen molar-refractivity contribution in [3.05, 3.63) is 46.3 Å². The molecule has 0 saturated heterocycles. The van der Waals surface area contributed by atoms with Crippen molar-refractivity contribution in [2.75, 3.05) is 25.5 Å². The fraction of sp³-hybridized carbons (Fsp3) is 0.278. The number of amides is 1. The number of anilines is 1. The summed E-state index contributed by atoms with van der Waals surface area (Å²) >= 11 is 2.80. The zero-order valence-electron chi connectivity index (χ0n) is 16.5. The summed E-state index contributed by atoms with van der Waals surface area (Å²) in [6.45, 7) is 0.0450. The Morgan fingerprint density at radius 2 is 1.84 bits per heavy atom. The number of halogens is 5. The van der Waals surface area contributed by atoms with Crippen LogP contribution in [0.4, 0.5) is 27.1 Å². The molecule has 174 valence electrons. The normalized spacial score (nSPS) is 12.1. The van der Waals surface area contributed by atoms with Crippen molar-refractivity contribution in [1.29, 1.82) is 0 Å². The van der Waals surface area contributed by atoms with Gasteiger partial charge in [-0.15, -0.1) is 11.3 Å². The third-order valence-electron chi connectivity index (χ3n) is 3.77. The Bertz CT molecular complexity index is 1080. The van der Waals surface area contributed by atoms with Crippen molar-refractivity contribution in [3.63, 3.8) is 0 Å². The van der Waals surface area contributed by atoms with Gasteiger partial charge in [0, 0.05) is 32.3 Å². The lowest BCUT2D eigenvalue weighted by atomic mass is 10.1. The number of rotatable bonds is 5. The maximum Gasteiger partial charge on any atom is 0.490 e. The molecule has 7 nitrogen and oxygen atoms in total. The second kappa shape index (κ2) is 10.2. The highest BCUT2D eigenvalue weighted by Crippen LogP contribution is 2.33. The molecule has 1 amide bonds. The average Bonchev–Trinajstić information content (AvgIpc) is 3.25. The van der Waals surface area contributed by atoms with Gasteiger partial charge in [0.05, 0.1) is 15.6 Å². The number of aliphatic carboxylic acids is 1. The summed E-state index contributed by atoms with van der Waals surface area (Å²) in [5.41, 5.74) is 6.05. The van der Waals surface area contributed by atoms with Crippen LogP contribution in [0.2, 0.25) is 0 Å².